The fraction of sp³-hybridized carbons (Fsp3) is 0.783. The van der Waals surface area contributed by atoms with Gasteiger partial charge in [0.1, 0.15) is 18.7 Å². The van der Waals surface area contributed by atoms with Gasteiger partial charge in [0.15, 0.2) is 0 Å². The van der Waals surface area contributed by atoms with E-state index < -0.39 is 30.7 Å². The third-order valence-corrected chi connectivity index (χ3v) is 5.66. The van der Waals surface area contributed by atoms with Crippen molar-refractivity contribution in [2.24, 2.45) is 5.73 Å². The van der Waals surface area contributed by atoms with Crippen molar-refractivity contribution >= 4 is 5.97 Å². The number of nitrogens with two attached hydrogens (primary N) is 1. The molecule has 31 heavy (non-hydrogen) atoms. The van der Waals surface area contributed by atoms with E-state index in [1.54, 1.807) is 0 Å². The van der Waals surface area contributed by atoms with E-state index in [0.29, 0.717) is 6.42 Å². The van der Waals surface area contributed by atoms with Gasteiger partial charge in [0, 0.05) is 19.0 Å². The Morgan fingerprint density at radius 2 is 1.68 bits per heavy atom. The van der Waals surface area contributed by atoms with E-state index in [0.717, 1.165) is 19.3 Å². The number of allylic oxidation sites excluding steroid dienone is 4. The van der Waals surface area contributed by atoms with E-state index in [2.05, 4.69) is 29.7 Å². The molecule has 0 saturated heterocycles. The highest BCUT2D eigenvalue weighted by molar-refractivity contribution is 5.66. The van der Waals surface area contributed by atoms with Crippen LogP contribution in [0.15, 0.2) is 23.3 Å². The quantitative estimate of drug-likeness (QED) is 0.126. The second-order valence-corrected chi connectivity index (χ2v) is 8.49. The van der Waals surface area contributed by atoms with E-state index in [9.17, 15) is 15.0 Å². The summed E-state index contributed by atoms with van der Waals surface area (Å²) in [4.78, 5) is 10.9. The van der Waals surface area contributed by atoms with E-state index in [1.165, 1.54) is 49.7 Å². The first-order chi connectivity index (χ1) is 14.8. The number of aliphatic hydroxyl groups excluding tert-OH is 3. The van der Waals surface area contributed by atoms with Crippen molar-refractivity contribution in [3.63, 3.8) is 0 Å². The molecule has 0 fully saturated rings. The van der Waals surface area contributed by atoms with Crippen LogP contribution in [0.5, 0.6) is 0 Å². The summed E-state index contributed by atoms with van der Waals surface area (Å²) < 4.78 is 0. The van der Waals surface area contributed by atoms with Gasteiger partial charge < -0.3 is 26.2 Å². The minimum Gasteiger partial charge on any atom is -0.481 e. The number of unbranched alkanes of at least 4 members (excludes halogenated alkanes) is 4. The molecular formula is C23H43N3O5. The molecule has 1 aliphatic carbocycles. The van der Waals surface area contributed by atoms with Crippen molar-refractivity contribution < 1.29 is 25.2 Å². The number of carboxylic acids is 1. The van der Waals surface area contributed by atoms with Crippen molar-refractivity contribution in [2.45, 2.75) is 109 Å². The van der Waals surface area contributed by atoms with Crippen molar-refractivity contribution in [1.29, 1.82) is 0 Å². The Morgan fingerprint density at radius 1 is 1.03 bits per heavy atom. The molecule has 1 unspecified atom stereocenters. The average molecular weight is 442 g/mol. The van der Waals surface area contributed by atoms with Crippen molar-refractivity contribution in [2.75, 3.05) is 6.54 Å². The Hall–Kier alpha value is -1.29. The molecule has 8 nitrogen and oxygen atoms in total. The maximum absolute atomic E-state index is 10.9. The maximum Gasteiger partial charge on any atom is 0.303 e. The molecule has 0 bridgehead atoms. The lowest BCUT2D eigenvalue weighted by molar-refractivity contribution is -0.137. The molecule has 0 amide bonds. The van der Waals surface area contributed by atoms with E-state index in [1.807, 2.05) is 0 Å². The van der Waals surface area contributed by atoms with Gasteiger partial charge in [-0.25, -0.2) is 0 Å². The number of aliphatic carboxylic acids is 1. The lowest BCUT2D eigenvalue weighted by Gasteiger charge is -2.28. The summed E-state index contributed by atoms with van der Waals surface area (Å²) in [5.41, 5.74) is 8.06. The molecule has 0 heterocycles. The molecule has 4 atom stereocenters. The summed E-state index contributed by atoms with van der Waals surface area (Å²) in [6, 6.07) is -0.676. The first kappa shape index (κ1) is 27.7. The van der Waals surface area contributed by atoms with Crippen LogP contribution in [0, 0.1) is 0 Å². The number of aliphatic hydroxyl groups is 3. The van der Waals surface area contributed by atoms with Crippen LogP contribution in [0.1, 0.15) is 84.0 Å². The van der Waals surface area contributed by atoms with Crippen LogP contribution in [0.4, 0.5) is 0 Å². The van der Waals surface area contributed by atoms with Gasteiger partial charge in [-0.15, -0.1) is 0 Å². The molecule has 0 aromatic heterocycles. The van der Waals surface area contributed by atoms with Crippen LogP contribution in [-0.4, -0.2) is 57.7 Å². The summed E-state index contributed by atoms with van der Waals surface area (Å²) in [5, 5.41) is 44.2. The maximum atomic E-state index is 10.9. The summed E-state index contributed by atoms with van der Waals surface area (Å²) in [5.74, 6) is -0.979. The second kappa shape index (κ2) is 16.4. The molecular weight excluding hydrogens is 398 g/mol. The third kappa shape index (κ3) is 13.7. The number of carbonyl (C=O) groups is 1. The van der Waals surface area contributed by atoms with Gasteiger partial charge in [0.25, 0.3) is 0 Å². The van der Waals surface area contributed by atoms with Gasteiger partial charge in [-0.1, -0.05) is 55.9 Å². The molecule has 0 saturated carbocycles. The minimum absolute atomic E-state index is 0.0390. The Morgan fingerprint density at radius 3 is 2.26 bits per heavy atom. The Bertz CT molecular complexity index is 565. The zero-order chi connectivity index (χ0) is 23.1. The van der Waals surface area contributed by atoms with Gasteiger partial charge >= 0.3 is 5.97 Å². The van der Waals surface area contributed by atoms with E-state index in [-0.39, 0.29) is 19.4 Å². The molecule has 1 aliphatic rings. The molecule has 0 spiro atoms. The van der Waals surface area contributed by atoms with Crippen LogP contribution < -0.4 is 16.4 Å². The smallest absolute Gasteiger partial charge is 0.303 e. The van der Waals surface area contributed by atoms with Gasteiger partial charge in [-0.3, -0.25) is 15.4 Å². The number of hydrogen-bond acceptors (Lipinski definition) is 7. The van der Waals surface area contributed by atoms with Crippen LogP contribution >= 0.6 is 0 Å². The number of hydrogen-bond donors (Lipinski definition) is 7. The molecule has 0 aromatic carbocycles. The van der Waals surface area contributed by atoms with Gasteiger partial charge in [-0.05, 0) is 44.9 Å². The topological polar surface area (TPSA) is 148 Å². The van der Waals surface area contributed by atoms with Crippen molar-refractivity contribution in [3.05, 3.63) is 23.3 Å². The lowest BCUT2D eigenvalue weighted by atomic mass is 9.92. The van der Waals surface area contributed by atoms with Gasteiger partial charge in [0.2, 0.25) is 0 Å². The Kier molecular flexibility index (Phi) is 14.6. The van der Waals surface area contributed by atoms with Crippen LogP contribution in [0.2, 0.25) is 0 Å². The Labute approximate surface area is 186 Å². The zero-order valence-electron chi connectivity index (χ0n) is 18.9. The molecule has 180 valence electrons. The second-order valence-electron chi connectivity index (χ2n) is 8.49. The van der Waals surface area contributed by atoms with Crippen molar-refractivity contribution in [1.82, 2.24) is 10.6 Å². The molecule has 8 heteroatoms. The highest BCUT2D eigenvalue weighted by atomic mass is 16.4. The first-order valence-corrected chi connectivity index (χ1v) is 11.7. The van der Waals surface area contributed by atoms with E-state index in [4.69, 9.17) is 15.9 Å². The van der Waals surface area contributed by atoms with Crippen LogP contribution in [0.3, 0.4) is 0 Å². The summed E-state index contributed by atoms with van der Waals surface area (Å²) in [6.45, 7) is 2.19. The normalized spacial score (nSPS) is 18.1. The first-order valence-electron chi connectivity index (χ1n) is 11.7. The number of carboxylic acid groups (broad SMARTS) is 1. The summed E-state index contributed by atoms with van der Waals surface area (Å²) >= 11 is 0. The Balaban J connectivity index is 2.42. The molecule has 1 rings (SSSR count). The predicted octanol–water partition coefficient (Wildman–Crippen LogP) is 2.10. The van der Waals surface area contributed by atoms with Gasteiger partial charge in [0.05, 0.1) is 0 Å². The summed E-state index contributed by atoms with van der Waals surface area (Å²) in [7, 11) is 0. The van der Waals surface area contributed by atoms with Gasteiger partial charge in [-0.2, -0.15) is 0 Å². The predicted molar refractivity (Wildman–Crippen MR) is 122 cm³/mol. The zero-order valence-corrected chi connectivity index (χ0v) is 18.9. The average Bonchev–Trinajstić information content (AvgIpc) is 2.74. The molecule has 0 radical (unpaired) electrons. The summed E-state index contributed by atoms with van der Waals surface area (Å²) in [6.07, 6.45) is 12.2. The number of rotatable bonds is 18. The molecule has 0 aromatic rings. The standard InChI is InChI=1S/C23H43N3O5/c1-2-3-4-5-6-7-17-8-10-18(11-9-17)12-14-21(28)26-19(13-15-22(29)30)23(31)25-16-20(24)27/h8,10,19-21,23,25-28,31H,2-7,9,11-16,24H2,1H3,(H,29,30)/t19-,20+,21+,23?/m0/s1. The minimum atomic E-state index is -1.14. The third-order valence-electron chi connectivity index (χ3n) is 5.66. The lowest BCUT2D eigenvalue weighted by Crippen LogP contribution is -2.53. The van der Waals surface area contributed by atoms with Crippen LogP contribution in [0.25, 0.3) is 0 Å². The van der Waals surface area contributed by atoms with Crippen LogP contribution in [-0.2, 0) is 4.79 Å². The highest BCUT2D eigenvalue weighted by Gasteiger charge is 2.23. The fourth-order valence-corrected chi connectivity index (χ4v) is 3.74. The molecule has 8 N–H and O–H groups in total. The SMILES string of the molecule is CCCCCCCC1=CC=C(CC[C@@H](O)N[C@@H](CCC(=O)O)C(O)NC[C@H](N)O)CC1. The molecule has 0 aliphatic heterocycles. The van der Waals surface area contributed by atoms with E-state index >= 15 is 0 Å². The van der Waals surface area contributed by atoms with Crippen molar-refractivity contribution in [3.8, 4) is 0 Å². The monoisotopic (exact) mass is 441 g/mol. The number of nitrogens with one attached hydrogen (secondary N) is 2. The fourth-order valence-electron chi connectivity index (χ4n) is 3.74. The largest absolute Gasteiger partial charge is 0.481 e. The highest BCUT2D eigenvalue weighted by Crippen LogP contribution is 2.25.